The smallest absolute Gasteiger partial charge is 0.317 e. The number of carbonyl (C=O) groups is 2. The molecule has 1 aromatic carbocycles. The summed E-state index contributed by atoms with van der Waals surface area (Å²) < 4.78 is 0. The van der Waals surface area contributed by atoms with Gasteiger partial charge in [0.05, 0.1) is 6.42 Å². The first-order valence-corrected chi connectivity index (χ1v) is 10.3. The largest absolute Gasteiger partial charge is 0.341 e. The van der Waals surface area contributed by atoms with E-state index in [9.17, 15) is 9.59 Å². The number of hydrogen-bond acceptors (Lipinski definition) is 2. The Morgan fingerprint density at radius 3 is 2.33 bits per heavy atom. The second kappa shape index (κ2) is 8.32. The topological polar surface area (TPSA) is 52.7 Å². The number of nitrogens with one attached hydrogen (secondary N) is 1. The van der Waals surface area contributed by atoms with Crippen molar-refractivity contribution in [3.05, 3.63) is 34.9 Å². The highest BCUT2D eigenvalue weighted by Crippen LogP contribution is 2.22. The van der Waals surface area contributed by atoms with Crippen LogP contribution < -0.4 is 5.32 Å². The van der Waals surface area contributed by atoms with E-state index < -0.39 is 0 Å². The molecule has 1 fully saturated rings. The van der Waals surface area contributed by atoms with Crippen molar-refractivity contribution in [2.24, 2.45) is 0 Å². The quantitative estimate of drug-likeness (QED) is 0.868. The van der Waals surface area contributed by atoms with Crippen LogP contribution in [0.15, 0.2) is 18.2 Å². The zero-order valence-electron chi connectivity index (χ0n) is 17.0. The predicted molar refractivity (Wildman–Crippen MR) is 108 cm³/mol. The molecule has 3 amide bonds. The Morgan fingerprint density at radius 1 is 0.926 bits per heavy atom. The molecular formula is C22H33N3O2. The number of carbonyl (C=O) groups excluding carboxylic acids is 2. The van der Waals surface area contributed by atoms with Gasteiger partial charge >= 0.3 is 6.03 Å². The fraction of sp³-hybridized carbons (Fsp3) is 0.636. The molecule has 1 heterocycles. The van der Waals surface area contributed by atoms with Gasteiger partial charge in [0.2, 0.25) is 5.91 Å². The van der Waals surface area contributed by atoms with Gasteiger partial charge in [0, 0.05) is 31.7 Å². The summed E-state index contributed by atoms with van der Waals surface area (Å²) in [7, 11) is 0. The van der Waals surface area contributed by atoms with E-state index in [1.54, 1.807) is 0 Å². The van der Waals surface area contributed by atoms with Crippen LogP contribution in [0.25, 0.3) is 0 Å². The lowest BCUT2D eigenvalue weighted by atomic mass is 9.90. The molecule has 2 aliphatic rings. The molecule has 3 rings (SSSR count). The minimum Gasteiger partial charge on any atom is -0.341 e. The van der Waals surface area contributed by atoms with Gasteiger partial charge in [0.15, 0.2) is 0 Å². The lowest BCUT2D eigenvalue weighted by Gasteiger charge is -2.27. The van der Waals surface area contributed by atoms with Crippen LogP contribution >= 0.6 is 0 Å². The average molecular weight is 372 g/mol. The van der Waals surface area contributed by atoms with E-state index in [-0.39, 0.29) is 17.5 Å². The van der Waals surface area contributed by atoms with Crippen LogP contribution in [0.3, 0.4) is 0 Å². The number of urea groups is 1. The normalized spacial score (nSPS) is 17.9. The highest BCUT2D eigenvalue weighted by atomic mass is 16.2. The molecule has 0 saturated carbocycles. The molecule has 0 aromatic heterocycles. The maximum atomic E-state index is 12.8. The Labute approximate surface area is 163 Å². The first-order valence-electron chi connectivity index (χ1n) is 10.3. The van der Waals surface area contributed by atoms with Crippen molar-refractivity contribution in [2.45, 2.75) is 64.8 Å². The molecule has 0 atom stereocenters. The Kier molecular flexibility index (Phi) is 6.08. The molecule has 27 heavy (non-hydrogen) atoms. The lowest BCUT2D eigenvalue weighted by Crippen LogP contribution is -2.49. The molecule has 1 aliphatic carbocycles. The van der Waals surface area contributed by atoms with Crippen LogP contribution in [0.1, 0.15) is 56.7 Å². The molecule has 0 radical (unpaired) electrons. The Morgan fingerprint density at radius 2 is 1.59 bits per heavy atom. The van der Waals surface area contributed by atoms with Crippen molar-refractivity contribution in [2.75, 3.05) is 26.2 Å². The summed E-state index contributed by atoms with van der Waals surface area (Å²) in [6, 6.07) is 6.51. The molecule has 1 N–H and O–H groups in total. The summed E-state index contributed by atoms with van der Waals surface area (Å²) in [5.41, 5.74) is 3.75. The molecule has 1 aromatic rings. The van der Waals surface area contributed by atoms with Crippen LogP contribution in [0.4, 0.5) is 4.79 Å². The van der Waals surface area contributed by atoms with Gasteiger partial charge in [-0.15, -0.1) is 0 Å². The first-order chi connectivity index (χ1) is 12.8. The first kappa shape index (κ1) is 19.7. The van der Waals surface area contributed by atoms with E-state index in [1.807, 2.05) is 30.6 Å². The van der Waals surface area contributed by atoms with E-state index in [4.69, 9.17) is 0 Å². The van der Waals surface area contributed by atoms with Gasteiger partial charge in [-0.1, -0.05) is 18.2 Å². The number of aryl methyl sites for hydroxylation is 2. The van der Waals surface area contributed by atoms with E-state index >= 15 is 0 Å². The number of fused-ring (bicyclic) bond motifs is 1. The number of hydrogen-bond donors (Lipinski definition) is 1. The summed E-state index contributed by atoms with van der Waals surface area (Å²) in [6.07, 6.45) is 6.12. The van der Waals surface area contributed by atoms with Gasteiger partial charge in [-0.3, -0.25) is 4.79 Å². The zero-order chi connectivity index (χ0) is 19.4. The Bertz CT molecular complexity index is 693. The summed E-state index contributed by atoms with van der Waals surface area (Å²) in [5.74, 6) is 0.170. The van der Waals surface area contributed by atoms with Crippen molar-refractivity contribution in [1.82, 2.24) is 15.1 Å². The molecular weight excluding hydrogens is 338 g/mol. The second-order valence-corrected chi connectivity index (χ2v) is 8.89. The molecule has 5 nitrogen and oxygen atoms in total. The number of rotatable bonds is 2. The van der Waals surface area contributed by atoms with Gasteiger partial charge in [-0.2, -0.15) is 0 Å². The molecule has 0 bridgehead atoms. The average Bonchev–Trinajstić information content (AvgIpc) is 2.86. The number of benzene rings is 1. The Balaban J connectivity index is 1.56. The van der Waals surface area contributed by atoms with Crippen LogP contribution in [0, 0.1) is 0 Å². The van der Waals surface area contributed by atoms with E-state index in [1.165, 1.54) is 30.4 Å². The van der Waals surface area contributed by atoms with Crippen LogP contribution in [-0.4, -0.2) is 53.5 Å². The summed E-state index contributed by atoms with van der Waals surface area (Å²) in [5, 5.41) is 3.01. The van der Waals surface area contributed by atoms with E-state index in [2.05, 4.69) is 23.5 Å². The standard InChI is InChI=1S/C22H33N3O2/c1-22(2,3)23-21(27)25-12-6-11-24(13-14-25)20(26)16-17-9-10-18-7-4-5-8-19(18)15-17/h9-10,15H,4-8,11-14,16H2,1-3H3,(H,23,27). The van der Waals surface area contributed by atoms with E-state index in [0.717, 1.165) is 24.9 Å². The fourth-order valence-corrected chi connectivity index (χ4v) is 3.95. The summed E-state index contributed by atoms with van der Waals surface area (Å²) in [4.78, 5) is 28.9. The predicted octanol–water partition coefficient (Wildman–Crippen LogP) is 3.15. The minimum absolute atomic E-state index is 0.0357. The third-order valence-corrected chi connectivity index (χ3v) is 5.39. The highest BCUT2D eigenvalue weighted by molar-refractivity contribution is 5.79. The molecule has 1 saturated heterocycles. The molecule has 1 aliphatic heterocycles. The van der Waals surface area contributed by atoms with Crippen LogP contribution in [0.5, 0.6) is 0 Å². The minimum atomic E-state index is -0.245. The molecule has 0 spiro atoms. The molecule has 5 heteroatoms. The molecule has 0 unspecified atom stereocenters. The van der Waals surface area contributed by atoms with Crippen molar-refractivity contribution < 1.29 is 9.59 Å². The maximum Gasteiger partial charge on any atom is 0.317 e. The molecule has 148 valence electrons. The number of amides is 3. The summed E-state index contributed by atoms with van der Waals surface area (Å²) in [6.45, 7) is 8.58. The third kappa shape index (κ3) is 5.47. The fourth-order valence-electron chi connectivity index (χ4n) is 3.95. The maximum absolute atomic E-state index is 12.8. The van der Waals surface area contributed by atoms with Gasteiger partial charge < -0.3 is 15.1 Å². The Hall–Kier alpha value is -2.04. The van der Waals surface area contributed by atoms with Crippen molar-refractivity contribution in [3.63, 3.8) is 0 Å². The lowest BCUT2D eigenvalue weighted by molar-refractivity contribution is -0.130. The van der Waals surface area contributed by atoms with Crippen molar-refractivity contribution in [3.8, 4) is 0 Å². The van der Waals surface area contributed by atoms with Crippen LogP contribution in [-0.2, 0) is 24.1 Å². The SMILES string of the molecule is CC(C)(C)NC(=O)N1CCCN(C(=O)Cc2ccc3c(c2)CCCC3)CC1. The summed E-state index contributed by atoms with van der Waals surface area (Å²) >= 11 is 0. The zero-order valence-corrected chi connectivity index (χ0v) is 17.0. The third-order valence-electron chi connectivity index (χ3n) is 5.39. The highest BCUT2D eigenvalue weighted by Gasteiger charge is 2.24. The monoisotopic (exact) mass is 371 g/mol. The van der Waals surface area contributed by atoms with Crippen LogP contribution in [0.2, 0.25) is 0 Å². The van der Waals surface area contributed by atoms with Gasteiger partial charge in [-0.05, 0) is 69.6 Å². The number of nitrogens with zero attached hydrogens (tertiary/aromatic N) is 2. The van der Waals surface area contributed by atoms with Gasteiger partial charge in [0.1, 0.15) is 0 Å². The van der Waals surface area contributed by atoms with Gasteiger partial charge in [0.25, 0.3) is 0 Å². The second-order valence-electron chi connectivity index (χ2n) is 8.89. The van der Waals surface area contributed by atoms with Gasteiger partial charge in [-0.25, -0.2) is 4.79 Å². The van der Waals surface area contributed by atoms with Crippen molar-refractivity contribution >= 4 is 11.9 Å². The van der Waals surface area contributed by atoms with Crippen molar-refractivity contribution in [1.29, 1.82) is 0 Å². The van der Waals surface area contributed by atoms with E-state index in [0.29, 0.717) is 26.1 Å².